The molecule has 1 aliphatic heterocycles. The molecular weight excluding hydrogens is 397 g/mol. The molecule has 1 aromatic carbocycles. The number of nitrogens with zero attached hydrogens (tertiary/aromatic N) is 1. The van der Waals surface area contributed by atoms with Gasteiger partial charge in [-0.1, -0.05) is 0 Å². The zero-order chi connectivity index (χ0) is 21.5. The molecule has 1 heterocycles. The Labute approximate surface area is 154 Å². The van der Waals surface area contributed by atoms with Gasteiger partial charge in [-0.05, 0) is 27.7 Å². The van der Waals surface area contributed by atoms with Crippen LogP contribution in [0.25, 0.3) is 0 Å². The molecule has 7 nitrogen and oxygen atoms in total. The highest BCUT2D eigenvalue weighted by atomic mass is 19.2. The maximum Gasteiger partial charge on any atom is 0.420 e. The molecule has 1 fully saturated rings. The normalized spacial score (nSPS) is 19.5. The predicted molar refractivity (Wildman–Crippen MR) is 79.7 cm³/mol. The van der Waals surface area contributed by atoms with Crippen LogP contribution in [0.4, 0.5) is 31.5 Å². The Balaban J connectivity index is 2.37. The summed E-state index contributed by atoms with van der Waals surface area (Å²) in [6.45, 7) is 5.51. The maximum absolute atomic E-state index is 13.7. The summed E-state index contributed by atoms with van der Waals surface area (Å²) in [5, 5.41) is 0. The largest absolute Gasteiger partial charge is 0.443 e. The number of ether oxygens (including phenoxy) is 3. The van der Waals surface area contributed by atoms with E-state index < -0.39 is 70.7 Å². The van der Waals surface area contributed by atoms with E-state index in [0.717, 1.165) is 6.92 Å². The SMILES string of the molecule is C[C@@H]1OC(=O)N(C(=O)OC(C)(C)C)[C@H]1C(=O)Oc1c(F)c(F)c(F)c(F)c1F. The van der Waals surface area contributed by atoms with Gasteiger partial charge < -0.3 is 14.2 Å². The maximum atomic E-state index is 13.7. The molecule has 2 rings (SSSR count). The lowest BCUT2D eigenvalue weighted by molar-refractivity contribution is -0.140. The van der Waals surface area contributed by atoms with E-state index in [1.807, 2.05) is 0 Å². The summed E-state index contributed by atoms with van der Waals surface area (Å²) >= 11 is 0. The van der Waals surface area contributed by atoms with Crippen LogP contribution >= 0.6 is 0 Å². The summed E-state index contributed by atoms with van der Waals surface area (Å²) in [7, 11) is 0. The quantitative estimate of drug-likeness (QED) is 0.244. The molecule has 0 N–H and O–H groups in total. The molecule has 2 atom stereocenters. The van der Waals surface area contributed by atoms with Crippen molar-refractivity contribution in [3.63, 3.8) is 0 Å². The Bertz CT molecular complexity index is 824. The van der Waals surface area contributed by atoms with Gasteiger partial charge in [0.15, 0.2) is 6.04 Å². The van der Waals surface area contributed by atoms with Gasteiger partial charge in [0.2, 0.25) is 34.8 Å². The number of esters is 1. The molecule has 0 aromatic heterocycles. The van der Waals surface area contributed by atoms with E-state index in [1.54, 1.807) is 0 Å². The highest BCUT2D eigenvalue weighted by Gasteiger charge is 2.50. The van der Waals surface area contributed by atoms with Crippen LogP contribution in [0.3, 0.4) is 0 Å². The number of carbonyl (C=O) groups excluding carboxylic acids is 3. The number of hydrogen-bond donors (Lipinski definition) is 0. The van der Waals surface area contributed by atoms with Crippen molar-refractivity contribution in [2.75, 3.05) is 0 Å². The zero-order valence-corrected chi connectivity index (χ0v) is 14.9. The Morgan fingerprint density at radius 1 is 0.964 bits per heavy atom. The van der Waals surface area contributed by atoms with Crippen LogP contribution in [0.2, 0.25) is 0 Å². The van der Waals surface area contributed by atoms with Crippen LogP contribution in [0, 0.1) is 29.1 Å². The first kappa shape index (κ1) is 21.4. The third-order valence-corrected chi connectivity index (χ3v) is 3.41. The molecule has 2 amide bonds. The minimum atomic E-state index is -2.45. The Kier molecular flexibility index (Phi) is 5.53. The molecule has 0 bridgehead atoms. The van der Waals surface area contributed by atoms with E-state index in [0.29, 0.717) is 0 Å². The number of imide groups is 1. The lowest BCUT2D eigenvalue weighted by atomic mass is 10.1. The predicted octanol–water partition coefficient (Wildman–Crippen LogP) is 3.43. The minimum absolute atomic E-state index is 0.185. The van der Waals surface area contributed by atoms with Crippen LogP contribution in [-0.2, 0) is 14.3 Å². The van der Waals surface area contributed by atoms with Crippen LogP contribution in [-0.4, -0.2) is 40.8 Å². The number of benzene rings is 1. The van der Waals surface area contributed by atoms with Crippen LogP contribution in [0.15, 0.2) is 0 Å². The van der Waals surface area contributed by atoms with Crippen molar-refractivity contribution in [2.45, 2.75) is 45.4 Å². The first-order chi connectivity index (χ1) is 12.8. The minimum Gasteiger partial charge on any atom is -0.443 e. The van der Waals surface area contributed by atoms with Gasteiger partial charge in [0.1, 0.15) is 11.7 Å². The Hall–Kier alpha value is -2.92. The van der Waals surface area contributed by atoms with Crippen molar-refractivity contribution in [3.05, 3.63) is 29.1 Å². The van der Waals surface area contributed by atoms with Crippen LogP contribution in [0.5, 0.6) is 5.75 Å². The van der Waals surface area contributed by atoms with Crippen molar-refractivity contribution in [2.24, 2.45) is 0 Å². The van der Waals surface area contributed by atoms with Gasteiger partial charge in [0.05, 0.1) is 0 Å². The van der Waals surface area contributed by atoms with Crippen molar-refractivity contribution < 1.29 is 50.5 Å². The molecule has 0 radical (unpaired) electrons. The molecule has 154 valence electrons. The lowest BCUT2D eigenvalue weighted by Crippen LogP contribution is -2.49. The molecule has 12 heteroatoms. The van der Waals surface area contributed by atoms with Crippen LogP contribution in [0.1, 0.15) is 27.7 Å². The monoisotopic (exact) mass is 411 g/mol. The second-order valence-electron chi connectivity index (χ2n) is 6.70. The smallest absolute Gasteiger partial charge is 0.420 e. The Morgan fingerprint density at radius 3 is 1.89 bits per heavy atom. The fourth-order valence-corrected chi connectivity index (χ4v) is 2.24. The summed E-state index contributed by atoms with van der Waals surface area (Å²) in [4.78, 5) is 36.5. The number of cyclic esters (lactones) is 1. The third kappa shape index (κ3) is 3.85. The van der Waals surface area contributed by atoms with E-state index in [-0.39, 0.29) is 4.90 Å². The van der Waals surface area contributed by atoms with Gasteiger partial charge in [0, 0.05) is 0 Å². The molecule has 28 heavy (non-hydrogen) atoms. The zero-order valence-electron chi connectivity index (χ0n) is 14.9. The van der Waals surface area contributed by atoms with Gasteiger partial charge in [0.25, 0.3) is 0 Å². The van der Waals surface area contributed by atoms with Gasteiger partial charge >= 0.3 is 18.2 Å². The topological polar surface area (TPSA) is 82.1 Å². The number of hydrogen-bond acceptors (Lipinski definition) is 6. The summed E-state index contributed by atoms with van der Waals surface area (Å²) in [5.41, 5.74) is -1.08. The van der Waals surface area contributed by atoms with Gasteiger partial charge in [-0.15, -0.1) is 0 Å². The molecule has 0 unspecified atom stereocenters. The fraction of sp³-hybridized carbons (Fsp3) is 0.438. The van der Waals surface area contributed by atoms with Gasteiger partial charge in [-0.2, -0.15) is 13.7 Å². The van der Waals surface area contributed by atoms with Crippen molar-refractivity contribution in [1.29, 1.82) is 0 Å². The van der Waals surface area contributed by atoms with Crippen molar-refractivity contribution in [1.82, 2.24) is 4.90 Å². The molecule has 1 aliphatic rings. The third-order valence-electron chi connectivity index (χ3n) is 3.41. The summed E-state index contributed by atoms with van der Waals surface area (Å²) in [5.74, 6) is -15.5. The lowest BCUT2D eigenvalue weighted by Gasteiger charge is -2.25. The molecule has 0 spiro atoms. The fourth-order valence-electron chi connectivity index (χ4n) is 2.24. The van der Waals surface area contributed by atoms with Gasteiger partial charge in [-0.25, -0.2) is 27.6 Å². The average molecular weight is 411 g/mol. The average Bonchev–Trinajstić information content (AvgIpc) is 2.87. The Morgan fingerprint density at radius 2 is 1.43 bits per heavy atom. The summed E-state index contributed by atoms with van der Waals surface area (Å²) in [6.07, 6.45) is -4.00. The number of carbonyl (C=O) groups is 3. The first-order valence-corrected chi connectivity index (χ1v) is 7.72. The van der Waals surface area contributed by atoms with Crippen molar-refractivity contribution >= 4 is 18.2 Å². The van der Waals surface area contributed by atoms with Gasteiger partial charge in [-0.3, -0.25) is 0 Å². The second kappa shape index (κ2) is 7.24. The second-order valence-corrected chi connectivity index (χ2v) is 6.70. The van der Waals surface area contributed by atoms with Crippen LogP contribution < -0.4 is 4.74 Å². The number of amides is 2. The standard InChI is InChI=1S/C16H14F5NO6/c1-5-11(22(14(24)26-5)15(25)28-16(2,3)4)13(23)27-12-9(20)7(18)6(17)8(19)10(12)21/h5,11H,1-4H3/t5-,11+/m0/s1. The van der Waals surface area contributed by atoms with E-state index in [2.05, 4.69) is 4.74 Å². The number of rotatable bonds is 2. The molecule has 0 saturated carbocycles. The highest BCUT2D eigenvalue weighted by Crippen LogP contribution is 2.31. The summed E-state index contributed by atoms with van der Waals surface area (Å²) in [6, 6.07) is -1.89. The van der Waals surface area contributed by atoms with Crippen molar-refractivity contribution in [3.8, 4) is 5.75 Å². The van der Waals surface area contributed by atoms with E-state index in [9.17, 15) is 36.3 Å². The first-order valence-electron chi connectivity index (χ1n) is 7.72. The molecule has 1 aromatic rings. The number of halogens is 5. The molecular formula is C16H14F5NO6. The van der Waals surface area contributed by atoms with E-state index in [4.69, 9.17) is 9.47 Å². The summed E-state index contributed by atoms with van der Waals surface area (Å²) < 4.78 is 80.9. The van der Waals surface area contributed by atoms with E-state index in [1.165, 1.54) is 20.8 Å². The molecule has 1 saturated heterocycles. The highest BCUT2D eigenvalue weighted by molar-refractivity contribution is 5.97. The van der Waals surface area contributed by atoms with E-state index >= 15 is 0 Å². The molecule has 0 aliphatic carbocycles.